The van der Waals surface area contributed by atoms with Crippen molar-refractivity contribution in [3.05, 3.63) is 49.1 Å². The highest BCUT2D eigenvalue weighted by Crippen LogP contribution is 1.85. The summed E-state index contributed by atoms with van der Waals surface area (Å²) in [5.41, 5.74) is 2.31. The largest absolute Gasteiger partial charge is 0.0991 e. The van der Waals surface area contributed by atoms with Crippen LogP contribution in [0.5, 0.6) is 0 Å². The molecule has 0 N–H and O–H groups in total. The molecular formula is C11H18. The monoisotopic (exact) mass is 150 g/mol. The molecule has 0 unspecified atom stereocenters. The van der Waals surface area contributed by atoms with E-state index in [0.717, 1.165) is 5.57 Å². The van der Waals surface area contributed by atoms with Crippen LogP contribution in [0.25, 0.3) is 0 Å². The van der Waals surface area contributed by atoms with Crippen LogP contribution in [0, 0.1) is 0 Å². The van der Waals surface area contributed by atoms with Crippen LogP contribution in [-0.2, 0) is 0 Å². The van der Waals surface area contributed by atoms with Gasteiger partial charge in [-0.05, 0) is 20.8 Å². The zero-order valence-electron chi connectivity index (χ0n) is 7.85. The molecule has 0 aliphatic rings. The summed E-state index contributed by atoms with van der Waals surface area (Å²) in [4.78, 5) is 0. The summed E-state index contributed by atoms with van der Waals surface area (Å²) in [5.74, 6) is 0. The van der Waals surface area contributed by atoms with E-state index in [0.29, 0.717) is 0 Å². The molecule has 0 aromatic rings. The molecular weight excluding hydrogens is 132 g/mol. The van der Waals surface area contributed by atoms with Crippen molar-refractivity contribution < 1.29 is 0 Å². The van der Waals surface area contributed by atoms with Crippen LogP contribution in [-0.4, -0.2) is 0 Å². The fourth-order valence-electron chi connectivity index (χ4n) is 0.236. The molecule has 0 aromatic heterocycles. The summed E-state index contributed by atoms with van der Waals surface area (Å²) >= 11 is 0. The van der Waals surface area contributed by atoms with E-state index in [1.165, 1.54) is 5.57 Å². The molecule has 11 heavy (non-hydrogen) atoms. The summed E-state index contributed by atoms with van der Waals surface area (Å²) < 4.78 is 0. The van der Waals surface area contributed by atoms with Crippen molar-refractivity contribution in [2.75, 3.05) is 0 Å². The van der Waals surface area contributed by atoms with Crippen molar-refractivity contribution in [1.82, 2.24) is 0 Å². The lowest BCUT2D eigenvalue weighted by Crippen LogP contribution is -1.54. The second-order valence-electron chi connectivity index (χ2n) is 2.53. The molecule has 0 saturated carbocycles. The topological polar surface area (TPSA) is 0 Å². The van der Waals surface area contributed by atoms with Gasteiger partial charge in [-0.15, -0.1) is 0 Å². The van der Waals surface area contributed by atoms with Crippen LogP contribution in [0.1, 0.15) is 20.8 Å². The first-order valence-electron chi connectivity index (χ1n) is 3.58. The van der Waals surface area contributed by atoms with Gasteiger partial charge in [0.25, 0.3) is 0 Å². The van der Waals surface area contributed by atoms with Crippen molar-refractivity contribution in [3.8, 4) is 0 Å². The Morgan fingerprint density at radius 3 is 1.45 bits per heavy atom. The molecule has 0 aromatic carbocycles. The summed E-state index contributed by atoms with van der Waals surface area (Å²) in [6.07, 6.45) is 5.48. The van der Waals surface area contributed by atoms with E-state index < -0.39 is 0 Å². The minimum atomic E-state index is 1.02. The third-order valence-corrected chi connectivity index (χ3v) is 0.800. The molecule has 62 valence electrons. The van der Waals surface area contributed by atoms with E-state index in [1.54, 1.807) is 12.2 Å². The van der Waals surface area contributed by atoms with Crippen LogP contribution >= 0.6 is 0 Å². The Labute approximate surface area is 70.6 Å². The second-order valence-corrected chi connectivity index (χ2v) is 2.53. The molecule has 0 heterocycles. The first-order valence-corrected chi connectivity index (χ1v) is 3.58. The molecule has 0 radical (unpaired) electrons. The first-order chi connectivity index (χ1) is 5.04. The lowest BCUT2D eigenvalue weighted by atomic mass is 10.3. The number of hydrogen-bond donors (Lipinski definition) is 0. The number of hydrogen-bond acceptors (Lipinski definition) is 0. The Hall–Kier alpha value is -1.04. The Bertz CT molecular complexity index is 155. The highest BCUT2D eigenvalue weighted by Gasteiger charge is 1.63. The van der Waals surface area contributed by atoms with E-state index in [1.807, 2.05) is 26.8 Å². The van der Waals surface area contributed by atoms with Crippen molar-refractivity contribution in [1.29, 1.82) is 0 Å². The van der Waals surface area contributed by atoms with E-state index in [-0.39, 0.29) is 0 Å². The lowest BCUT2D eigenvalue weighted by molar-refractivity contribution is 1.40. The highest BCUT2D eigenvalue weighted by atomic mass is 13.7. The number of rotatable bonds is 2. The van der Waals surface area contributed by atoms with Gasteiger partial charge in [-0.1, -0.05) is 49.1 Å². The maximum Gasteiger partial charge on any atom is -0.0404 e. The van der Waals surface area contributed by atoms with Gasteiger partial charge in [0.15, 0.2) is 0 Å². The third kappa shape index (κ3) is 27.7. The lowest BCUT2D eigenvalue weighted by Gasteiger charge is -1.76. The summed E-state index contributed by atoms with van der Waals surface area (Å²) in [7, 11) is 0. The van der Waals surface area contributed by atoms with Crippen LogP contribution in [0.2, 0.25) is 0 Å². The normalized spacial score (nSPS) is 6.82. The maximum absolute atomic E-state index is 3.56. The first kappa shape index (κ1) is 12.6. The Morgan fingerprint density at radius 1 is 1.09 bits per heavy atom. The van der Waals surface area contributed by atoms with Crippen molar-refractivity contribution in [2.24, 2.45) is 0 Å². The van der Waals surface area contributed by atoms with Gasteiger partial charge in [0.1, 0.15) is 0 Å². The minimum absolute atomic E-state index is 1.02. The van der Waals surface area contributed by atoms with Crippen molar-refractivity contribution in [3.63, 3.8) is 0 Å². The summed E-state index contributed by atoms with van der Waals surface area (Å²) in [5, 5.41) is 0. The quantitative estimate of drug-likeness (QED) is 0.524. The van der Waals surface area contributed by atoms with Crippen molar-refractivity contribution >= 4 is 0 Å². The molecule has 0 saturated heterocycles. The Morgan fingerprint density at radius 2 is 1.45 bits per heavy atom. The van der Waals surface area contributed by atoms with Gasteiger partial charge >= 0.3 is 0 Å². The van der Waals surface area contributed by atoms with Gasteiger partial charge in [0, 0.05) is 0 Å². The smallest absolute Gasteiger partial charge is 0.0404 e. The fourth-order valence-corrected chi connectivity index (χ4v) is 0.236. The fraction of sp³-hybridized carbons (Fsp3) is 0.273. The Balaban J connectivity index is 0. The predicted molar refractivity (Wildman–Crippen MR) is 54.6 cm³/mol. The van der Waals surface area contributed by atoms with Crippen LogP contribution in [0.3, 0.4) is 0 Å². The van der Waals surface area contributed by atoms with Crippen molar-refractivity contribution in [2.45, 2.75) is 20.8 Å². The maximum atomic E-state index is 3.56. The molecule has 0 nitrogen and oxygen atoms in total. The molecule has 0 bridgehead atoms. The molecule has 0 aliphatic carbocycles. The average molecular weight is 150 g/mol. The molecule has 0 spiro atoms. The van der Waals surface area contributed by atoms with E-state index in [4.69, 9.17) is 0 Å². The number of allylic oxidation sites excluding steroid dienone is 5. The van der Waals surface area contributed by atoms with Crippen LogP contribution < -0.4 is 0 Å². The molecule has 0 atom stereocenters. The van der Waals surface area contributed by atoms with Crippen LogP contribution in [0.4, 0.5) is 0 Å². The van der Waals surface area contributed by atoms with Gasteiger partial charge in [-0.3, -0.25) is 0 Å². The summed E-state index contributed by atoms with van der Waals surface area (Å²) in [6.45, 7) is 16.5. The second kappa shape index (κ2) is 8.96. The van der Waals surface area contributed by atoms with Gasteiger partial charge in [0.05, 0.1) is 0 Å². The standard InChI is InChI=1S/C6H10.C5H8/c1-4-5-6(2)3;1-4-5(2)3/h4-5H,1H2,2-3H3;4H,1-2H2,3H3. The molecule has 0 rings (SSSR count). The van der Waals surface area contributed by atoms with Gasteiger partial charge in [-0.25, -0.2) is 0 Å². The highest BCUT2D eigenvalue weighted by molar-refractivity contribution is 5.06. The molecule has 0 fully saturated rings. The van der Waals surface area contributed by atoms with Gasteiger partial charge in [0.2, 0.25) is 0 Å². The Kier molecular flexibility index (Phi) is 10.3. The van der Waals surface area contributed by atoms with Crippen LogP contribution in [0.15, 0.2) is 49.1 Å². The molecule has 0 amide bonds. The third-order valence-electron chi connectivity index (χ3n) is 0.800. The van der Waals surface area contributed by atoms with E-state index in [2.05, 4.69) is 19.7 Å². The van der Waals surface area contributed by atoms with E-state index in [9.17, 15) is 0 Å². The zero-order chi connectivity index (χ0) is 9.28. The zero-order valence-corrected chi connectivity index (χ0v) is 7.85. The summed E-state index contributed by atoms with van der Waals surface area (Å²) in [6, 6.07) is 0. The SMILES string of the molecule is C=CC(=C)C.C=CC=C(C)C. The van der Waals surface area contributed by atoms with Gasteiger partial charge < -0.3 is 0 Å². The predicted octanol–water partition coefficient (Wildman–Crippen LogP) is 3.89. The minimum Gasteiger partial charge on any atom is -0.0991 e. The molecule has 0 heteroatoms. The average Bonchev–Trinajstić information content (AvgIpc) is 1.89. The van der Waals surface area contributed by atoms with Gasteiger partial charge in [-0.2, -0.15) is 0 Å². The van der Waals surface area contributed by atoms with E-state index >= 15 is 0 Å². The molecule has 0 aliphatic heterocycles.